The number of aliphatic hydroxyl groups excluding tert-OH is 1. The van der Waals surface area contributed by atoms with Gasteiger partial charge in [0.2, 0.25) is 0 Å². The van der Waals surface area contributed by atoms with Crippen LogP contribution in [0.15, 0.2) is 24.3 Å². The number of benzene rings is 1. The van der Waals surface area contributed by atoms with Gasteiger partial charge in [0.15, 0.2) is 0 Å². The van der Waals surface area contributed by atoms with Crippen LogP contribution in [0.4, 0.5) is 0 Å². The monoisotopic (exact) mass is 294 g/mol. The number of rotatable bonds is 6. The maximum absolute atomic E-state index is 10.1. The van der Waals surface area contributed by atoms with Gasteiger partial charge in [-0.15, -0.1) is 0 Å². The topological polar surface area (TPSA) is 68.0 Å². The quantitative estimate of drug-likeness (QED) is 0.819. The third-order valence-corrected chi connectivity index (χ3v) is 3.61. The zero-order chi connectivity index (χ0) is 15.1. The second-order valence-electron chi connectivity index (χ2n) is 5.61. The van der Waals surface area contributed by atoms with Gasteiger partial charge in [0.25, 0.3) is 0 Å². The first-order valence-electron chi connectivity index (χ1n) is 7.61. The van der Waals surface area contributed by atoms with Gasteiger partial charge in [0.05, 0.1) is 6.10 Å². The summed E-state index contributed by atoms with van der Waals surface area (Å²) < 4.78 is 11.2. The van der Waals surface area contributed by atoms with E-state index in [4.69, 9.17) is 15.2 Å². The Kier molecular flexibility index (Phi) is 6.45. The summed E-state index contributed by atoms with van der Waals surface area (Å²) >= 11 is 0. The second kappa shape index (κ2) is 8.34. The van der Waals surface area contributed by atoms with Crippen LogP contribution in [0, 0.1) is 0 Å². The molecule has 5 nitrogen and oxygen atoms in total. The highest BCUT2D eigenvalue weighted by Crippen LogP contribution is 2.12. The molecule has 0 aliphatic carbocycles. The highest BCUT2D eigenvalue weighted by Gasteiger charge is 2.18. The van der Waals surface area contributed by atoms with E-state index in [9.17, 15) is 5.11 Å². The molecule has 2 atom stereocenters. The summed E-state index contributed by atoms with van der Waals surface area (Å²) in [5.41, 5.74) is 6.62. The molecular weight excluding hydrogens is 268 g/mol. The first-order valence-corrected chi connectivity index (χ1v) is 7.61. The number of nitrogens with zero attached hydrogens (tertiary/aromatic N) is 1. The minimum absolute atomic E-state index is 0.226. The molecule has 0 aromatic heterocycles. The van der Waals surface area contributed by atoms with E-state index >= 15 is 0 Å². The van der Waals surface area contributed by atoms with Crippen LogP contribution in [0.5, 0.6) is 5.75 Å². The fourth-order valence-electron chi connectivity index (χ4n) is 2.51. The molecule has 0 bridgehead atoms. The van der Waals surface area contributed by atoms with Crippen LogP contribution in [0.25, 0.3) is 0 Å². The summed E-state index contributed by atoms with van der Waals surface area (Å²) in [6.45, 7) is 6.15. The van der Waals surface area contributed by atoms with Crippen LogP contribution in [0.3, 0.4) is 0 Å². The smallest absolute Gasteiger partial charge is 0.119 e. The van der Waals surface area contributed by atoms with E-state index in [1.165, 1.54) is 0 Å². The van der Waals surface area contributed by atoms with Gasteiger partial charge in [-0.05, 0) is 31.0 Å². The van der Waals surface area contributed by atoms with Crippen molar-refractivity contribution in [1.29, 1.82) is 0 Å². The van der Waals surface area contributed by atoms with Crippen molar-refractivity contribution in [2.45, 2.75) is 32.1 Å². The van der Waals surface area contributed by atoms with Gasteiger partial charge in [-0.3, -0.25) is 4.90 Å². The van der Waals surface area contributed by atoms with E-state index in [-0.39, 0.29) is 6.10 Å². The third kappa shape index (κ3) is 5.63. The lowest BCUT2D eigenvalue weighted by atomic mass is 10.2. The predicted octanol–water partition coefficient (Wildman–Crippen LogP) is 0.996. The molecule has 5 heteroatoms. The second-order valence-corrected chi connectivity index (χ2v) is 5.61. The number of nitrogens with two attached hydrogens (primary N) is 1. The number of aliphatic hydroxyl groups is 1. The standard InChI is InChI=1S/C16H26N2O3/c1-13-10-18(7-2-8-20-13)11-15(19)12-21-16-5-3-14(9-17)4-6-16/h3-6,13,15,19H,2,7-12,17H2,1H3. The zero-order valence-corrected chi connectivity index (χ0v) is 12.7. The average Bonchev–Trinajstić information content (AvgIpc) is 2.69. The van der Waals surface area contributed by atoms with Crippen LogP contribution in [0.2, 0.25) is 0 Å². The third-order valence-electron chi connectivity index (χ3n) is 3.61. The first kappa shape index (κ1) is 16.2. The SMILES string of the molecule is CC1CN(CC(O)COc2ccc(CN)cc2)CCCO1. The molecule has 0 saturated carbocycles. The van der Waals surface area contributed by atoms with Crippen LogP contribution >= 0.6 is 0 Å². The lowest BCUT2D eigenvalue weighted by Crippen LogP contribution is -2.38. The summed E-state index contributed by atoms with van der Waals surface area (Å²) in [7, 11) is 0. The van der Waals surface area contributed by atoms with Crippen LogP contribution < -0.4 is 10.5 Å². The molecule has 2 unspecified atom stereocenters. The largest absolute Gasteiger partial charge is 0.491 e. The van der Waals surface area contributed by atoms with Crippen molar-refractivity contribution in [1.82, 2.24) is 4.90 Å². The van der Waals surface area contributed by atoms with E-state index < -0.39 is 6.10 Å². The fourth-order valence-corrected chi connectivity index (χ4v) is 2.51. The molecule has 3 N–H and O–H groups in total. The Labute approximate surface area is 126 Å². The molecular formula is C16H26N2O3. The Morgan fingerprint density at radius 2 is 2.19 bits per heavy atom. The summed E-state index contributed by atoms with van der Waals surface area (Å²) in [6, 6.07) is 7.65. The highest BCUT2D eigenvalue weighted by atomic mass is 16.5. The minimum atomic E-state index is -0.496. The predicted molar refractivity (Wildman–Crippen MR) is 82.3 cm³/mol. The average molecular weight is 294 g/mol. The summed E-state index contributed by atoms with van der Waals surface area (Å²) in [5.74, 6) is 0.763. The molecule has 1 aromatic carbocycles. The molecule has 2 rings (SSSR count). The van der Waals surface area contributed by atoms with E-state index in [0.29, 0.717) is 19.7 Å². The van der Waals surface area contributed by atoms with Gasteiger partial charge in [-0.25, -0.2) is 0 Å². The Balaban J connectivity index is 1.74. The molecule has 1 aliphatic heterocycles. The zero-order valence-electron chi connectivity index (χ0n) is 12.7. The van der Waals surface area contributed by atoms with Crippen molar-refractivity contribution < 1.29 is 14.6 Å². The van der Waals surface area contributed by atoms with Crippen molar-refractivity contribution in [2.75, 3.05) is 32.8 Å². The fraction of sp³-hybridized carbons (Fsp3) is 0.625. The first-order chi connectivity index (χ1) is 10.2. The van der Waals surface area contributed by atoms with Gasteiger partial charge >= 0.3 is 0 Å². The number of β-amino-alcohol motifs (C(OH)–C–C–N with tert-alkyl or cyclic N) is 1. The van der Waals surface area contributed by atoms with E-state index in [2.05, 4.69) is 11.8 Å². The molecule has 1 fully saturated rings. The van der Waals surface area contributed by atoms with Crippen LogP contribution in [0.1, 0.15) is 18.9 Å². The molecule has 1 aliphatic rings. The Hall–Kier alpha value is -1.14. The maximum atomic E-state index is 10.1. The molecule has 0 radical (unpaired) electrons. The summed E-state index contributed by atoms with van der Waals surface area (Å²) in [6.07, 6.45) is 0.743. The molecule has 21 heavy (non-hydrogen) atoms. The van der Waals surface area contributed by atoms with Gasteiger partial charge in [0, 0.05) is 32.8 Å². The van der Waals surface area contributed by atoms with Crippen LogP contribution in [-0.4, -0.2) is 55.1 Å². The van der Waals surface area contributed by atoms with Crippen molar-refractivity contribution in [3.05, 3.63) is 29.8 Å². The van der Waals surface area contributed by atoms with Gasteiger partial charge in [-0.2, -0.15) is 0 Å². The van der Waals surface area contributed by atoms with Gasteiger partial charge < -0.3 is 20.3 Å². The Morgan fingerprint density at radius 3 is 2.90 bits per heavy atom. The van der Waals surface area contributed by atoms with Crippen molar-refractivity contribution >= 4 is 0 Å². The number of ether oxygens (including phenoxy) is 2. The molecule has 1 aromatic rings. The molecule has 118 valence electrons. The summed E-state index contributed by atoms with van der Waals surface area (Å²) in [4.78, 5) is 2.24. The van der Waals surface area contributed by atoms with E-state index in [1.54, 1.807) is 0 Å². The van der Waals surface area contributed by atoms with Crippen molar-refractivity contribution in [3.8, 4) is 5.75 Å². The van der Waals surface area contributed by atoms with E-state index in [0.717, 1.165) is 37.4 Å². The number of hydrogen-bond donors (Lipinski definition) is 2. The van der Waals surface area contributed by atoms with Gasteiger partial charge in [-0.1, -0.05) is 12.1 Å². The van der Waals surface area contributed by atoms with Crippen LogP contribution in [-0.2, 0) is 11.3 Å². The van der Waals surface area contributed by atoms with Crippen molar-refractivity contribution in [3.63, 3.8) is 0 Å². The van der Waals surface area contributed by atoms with Gasteiger partial charge in [0.1, 0.15) is 18.5 Å². The normalized spacial score (nSPS) is 21.8. The van der Waals surface area contributed by atoms with Crippen molar-refractivity contribution in [2.24, 2.45) is 5.73 Å². The lowest BCUT2D eigenvalue weighted by molar-refractivity contribution is 0.0440. The molecule has 1 heterocycles. The summed E-state index contributed by atoms with van der Waals surface area (Å²) in [5, 5.41) is 10.1. The number of hydrogen-bond acceptors (Lipinski definition) is 5. The maximum Gasteiger partial charge on any atom is 0.119 e. The highest BCUT2D eigenvalue weighted by molar-refractivity contribution is 5.27. The minimum Gasteiger partial charge on any atom is -0.491 e. The lowest BCUT2D eigenvalue weighted by Gasteiger charge is -2.24. The Bertz CT molecular complexity index is 410. The molecule has 0 spiro atoms. The van der Waals surface area contributed by atoms with E-state index in [1.807, 2.05) is 24.3 Å². The molecule has 1 saturated heterocycles. The Morgan fingerprint density at radius 1 is 1.43 bits per heavy atom. The molecule has 0 amide bonds.